The highest BCUT2D eigenvalue weighted by atomic mass is 32.2. The molecule has 0 radical (unpaired) electrons. The van der Waals surface area contributed by atoms with Gasteiger partial charge in [-0.2, -0.15) is 11.8 Å². The molecule has 13 heavy (non-hydrogen) atoms. The fourth-order valence-electron chi connectivity index (χ4n) is 1.92. The molecule has 0 bridgehead atoms. The molecule has 1 fully saturated rings. The molecular weight excluding hydrogens is 180 g/mol. The van der Waals surface area contributed by atoms with Crippen molar-refractivity contribution in [3.8, 4) is 0 Å². The van der Waals surface area contributed by atoms with Crippen LogP contribution in [0.3, 0.4) is 0 Å². The Morgan fingerprint density at radius 2 is 2.00 bits per heavy atom. The zero-order chi connectivity index (χ0) is 10.1. The van der Waals surface area contributed by atoms with E-state index in [4.69, 9.17) is 0 Å². The molecule has 0 saturated heterocycles. The van der Waals surface area contributed by atoms with Gasteiger partial charge in [0.25, 0.3) is 0 Å². The third-order valence-electron chi connectivity index (χ3n) is 3.22. The molecule has 0 amide bonds. The van der Waals surface area contributed by atoms with Crippen molar-refractivity contribution < 1.29 is 5.11 Å². The van der Waals surface area contributed by atoms with Crippen molar-refractivity contribution >= 4 is 11.8 Å². The van der Waals surface area contributed by atoms with Gasteiger partial charge in [-0.05, 0) is 25.2 Å². The summed E-state index contributed by atoms with van der Waals surface area (Å²) in [6.45, 7) is 8.72. The standard InChI is InChI=1S/C11H22OS/c1-8(12)9(2)13-10-6-5-7-11(10,3)4/h8-10,12H,5-7H2,1-4H3. The first-order valence-electron chi connectivity index (χ1n) is 5.27. The largest absolute Gasteiger partial charge is 0.392 e. The van der Waals surface area contributed by atoms with E-state index in [1.54, 1.807) is 0 Å². The molecule has 0 heterocycles. The lowest BCUT2D eigenvalue weighted by Gasteiger charge is -2.29. The highest BCUT2D eigenvalue weighted by Gasteiger charge is 2.36. The summed E-state index contributed by atoms with van der Waals surface area (Å²) in [5, 5.41) is 10.6. The SMILES string of the molecule is CC(O)C(C)SC1CCCC1(C)C. The van der Waals surface area contributed by atoms with Gasteiger partial charge in [0.05, 0.1) is 6.10 Å². The van der Waals surface area contributed by atoms with Crippen LogP contribution in [-0.2, 0) is 0 Å². The Bertz CT molecular complexity index is 165. The minimum Gasteiger partial charge on any atom is -0.392 e. The third-order valence-corrected chi connectivity index (χ3v) is 5.24. The number of thioether (sulfide) groups is 1. The first-order chi connectivity index (χ1) is 5.93. The average molecular weight is 202 g/mol. The fourth-order valence-corrected chi connectivity index (χ4v) is 3.45. The Morgan fingerprint density at radius 3 is 2.38 bits per heavy atom. The van der Waals surface area contributed by atoms with Gasteiger partial charge in [0.15, 0.2) is 0 Å². The van der Waals surface area contributed by atoms with Crippen LogP contribution in [0.25, 0.3) is 0 Å². The molecule has 1 aliphatic rings. The van der Waals surface area contributed by atoms with E-state index in [2.05, 4.69) is 20.8 Å². The smallest absolute Gasteiger partial charge is 0.0628 e. The van der Waals surface area contributed by atoms with Crippen molar-refractivity contribution in [1.29, 1.82) is 0 Å². The number of hydrogen-bond donors (Lipinski definition) is 1. The van der Waals surface area contributed by atoms with E-state index < -0.39 is 0 Å². The van der Waals surface area contributed by atoms with Crippen molar-refractivity contribution in [3.63, 3.8) is 0 Å². The second kappa shape index (κ2) is 4.22. The lowest BCUT2D eigenvalue weighted by atomic mass is 9.92. The van der Waals surface area contributed by atoms with E-state index in [-0.39, 0.29) is 6.10 Å². The summed E-state index contributed by atoms with van der Waals surface area (Å²) in [6, 6.07) is 0. The van der Waals surface area contributed by atoms with E-state index in [0.717, 1.165) is 5.25 Å². The van der Waals surface area contributed by atoms with Gasteiger partial charge in [-0.25, -0.2) is 0 Å². The van der Waals surface area contributed by atoms with Crippen molar-refractivity contribution in [1.82, 2.24) is 0 Å². The minimum atomic E-state index is -0.179. The first kappa shape index (κ1) is 11.4. The molecule has 1 N–H and O–H groups in total. The van der Waals surface area contributed by atoms with Gasteiger partial charge in [-0.3, -0.25) is 0 Å². The van der Waals surface area contributed by atoms with E-state index in [9.17, 15) is 5.11 Å². The summed E-state index contributed by atoms with van der Waals surface area (Å²) in [6.07, 6.45) is 3.85. The number of hydrogen-bond acceptors (Lipinski definition) is 2. The molecular formula is C11H22OS. The van der Waals surface area contributed by atoms with Crippen LogP contribution in [0, 0.1) is 5.41 Å². The van der Waals surface area contributed by atoms with E-state index >= 15 is 0 Å². The highest BCUT2D eigenvalue weighted by Crippen LogP contribution is 2.46. The quantitative estimate of drug-likeness (QED) is 0.759. The van der Waals surface area contributed by atoms with Crippen LogP contribution in [0.2, 0.25) is 0 Å². The number of aliphatic hydroxyl groups is 1. The van der Waals surface area contributed by atoms with E-state index in [1.807, 2.05) is 18.7 Å². The summed E-state index contributed by atoms with van der Waals surface area (Å²) in [4.78, 5) is 0. The number of rotatable bonds is 3. The predicted molar refractivity (Wildman–Crippen MR) is 60.2 cm³/mol. The third kappa shape index (κ3) is 2.88. The van der Waals surface area contributed by atoms with Gasteiger partial charge in [-0.15, -0.1) is 0 Å². The second-order valence-electron chi connectivity index (χ2n) is 4.95. The lowest BCUT2D eigenvalue weighted by Crippen LogP contribution is -2.25. The van der Waals surface area contributed by atoms with Gasteiger partial charge >= 0.3 is 0 Å². The maximum atomic E-state index is 9.43. The predicted octanol–water partition coefficient (Wildman–Crippen LogP) is 3.07. The molecule has 0 aromatic heterocycles. The van der Waals surface area contributed by atoms with E-state index in [0.29, 0.717) is 10.7 Å². The van der Waals surface area contributed by atoms with Crippen molar-refractivity contribution in [3.05, 3.63) is 0 Å². The molecule has 0 spiro atoms. The molecule has 3 unspecified atom stereocenters. The minimum absolute atomic E-state index is 0.179. The van der Waals surface area contributed by atoms with Crippen LogP contribution in [0.5, 0.6) is 0 Å². The fraction of sp³-hybridized carbons (Fsp3) is 1.00. The monoisotopic (exact) mass is 202 g/mol. The maximum Gasteiger partial charge on any atom is 0.0628 e. The molecule has 1 aliphatic carbocycles. The van der Waals surface area contributed by atoms with Crippen molar-refractivity contribution in [2.45, 2.75) is 63.6 Å². The summed E-state index contributed by atoms with van der Waals surface area (Å²) in [5.41, 5.74) is 0.480. The van der Waals surface area contributed by atoms with Crippen LogP contribution in [0.1, 0.15) is 47.0 Å². The van der Waals surface area contributed by atoms with Gasteiger partial charge in [0.2, 0.25) is 0 Å². The van der Waals surface area contributed by atoms with Crippen LogP contribution >= 0.6 is 11.8 Å². The van der Waals surface area contributed by atoms with Gasteiger partial charge in [0, 0.05) is 10.5 Å². The summed E-state index contributed by atoms with van der Waals surface area (Å²) >= 11 is 1.97. The Hall–Kier alpha value is 0.310. The molecule has 1 rings (SSSR count). The number of aliphatic hydroxyl groups excluding tert-OH is 1. The zero-order valence-electron chi connectivity index (χ0n) is 9.21. The molecule has 1 saturated carbocycles. The molecule has 3 atom stereocenters. The van der Waals surface area contributed by atoms with Crippen molar-refractivity contribution in [2.75, 3.05) is 0 Å². The van der Waals surface area contributed by atoms with Crippen LogP contribution in [-0.4, -0.2) is 21.7 Å². The Labute approximate surface area is 86.3 Å². The topological polar surface area (TPSA) is 20.2 Å². The van der Waals surface area contributed by atoms with E-state index in [1.165, 1.54) is 19.3 Å². The Morgan fingerprint density at radius 1 is 1.38 bits per heavy atom. The summed E-state index contributed by atoms with van der Waals surface area (Å²) < 4.78 is 0. The lowest BCUT2D eigenvalue weighted by molar-refractivity contribution is 0.195. The Kier molecular flexibility index (Phi) is 3.70. The van der Waals surface area contributed by atoms with Gasteiger partial charge in [0.1, 0.15) is 0 Å². The second-order valence-corrected chi connectivity index (χ2v) is 6.54. The zero-order valence-corrected chi connectivity index (χ0v) is 10.0. The molecule has 78 valence electrons. The van der Waals surface area contributed by atoms with Crippen LogP contribution < -0.4 is 0 Å². The molecule has 0 aromatic rings. The summed E-state index contributed by atoms with van der Waals surface area (Å²) in [7, 11) is 0. The average Bonchev–Trinajstić information content (AvgIpc) is 2.30. The van der Waals surface area contributed by atoms with Crippen molar-refractivity contribution in [2.24, 2.45) is 5.41 Å². The highest BCUT2D eigenvalue weighted by molar-refractivity contribution is 8.00. The Balaban J connectivity index is 2.45. The molecule has 0 aliphatic heterocycles. The van der Waals surface area contributed by atoms with Gasteiger partial charge in [-0.1, -0.05) is 27.2 Å². The normalized spacial score (nSPS) is 31.6. The maximum absolute atomic E-state index is 9.43. The van der Waals surface area contributed by atoms with Gasteiger partial charge < -0.3 is 5.11 Å². The summed E-state index contributed by atoms with van der Waals surface area (Å²) in [5.74, 6) is 0. The first-order valence-corrected chi connectivity index (χ1v) is 6.21. The molecule has 0 aromatic carbocycles. The molecule has 2 heteroatoms. The van der Waals surface area contributed by atoms with Crippen LogP contribution in [0.4, 0.5) is 0 Å². The molecule has 1 nitrogen and oxygen atoms in total. The van der Waals surface area contributed by atoms with Crippen LogP contribution in [0.15, 0.2) is 0 Å².